The molecular weight excluding hydrogens is 330 g/mol. The zero-order valence-corrected chi connectivity index (χ0v) is 15.5. The van der Waals surface area contributed by atoms with Crippen LogP contribution < -0.4 is 4.74 Å². The fourth-order valence-corrected chi connectivity index (χ4v) is 2.95. The number of piperazine rings is 1. The van der Waals surface area contributed by atoms with Crippen molar-refractivity contribution in [2.75, 3.05) is 26.2 Å². The maximum atomic E-state index is 12.7. The van der Waals surface area contributed by atoms with Gasteiger partial charge in [-0.2, -0.15) is 0 Å². The third kappa shape index (κ3) is 4.25. The summed E-state index contributed by atoms with van der Waals surface area (Å²) in [6.07, 6.45) is 3.43. The second-order valence-electron chi connectivity index (χ2n) is 7.42. The lowest BCUT2D eigenvalue weighted by molar-refractivity contribution is 0.0535. The van der Waals surface area contributed by atoms with Crippen LogP contribution in [0.4, 0.5) is 0 Å². The zero-order chi connectivity index (χ0) is 18.7. The van der Waals surface area contributed by atoms with Gasteiger partial charge in [0.1, 0.15) is 11.4 Å². The van der Waals surface area contributed by atoms with Gasteiger partial charge in [0.25, 0.3) is 11.8 Å². The number of aromatic amines is 1. The number of hydrogen-bond donors (Lipinski definition) is 1. The predicted octanol–water partition coefficient (Wildman–Crippen LogP) is 2.79. The molecule has 1 aliphatic heterocycles. The Labute approximate surface area is 153 Å². The van der Waals surface area contributed by atoms with Gasteiger partial charge in [0.2, 0.25) is 0 Å². The summed E-state index contributed by atoms with van der Waals surface area (Å²) in [6.45, 7) is 8.12. The molecule has 0 atom stereocenters. The third-order valence-electron chi connectivity index (χ3n) is 4.22. The average molecular weight is 355 g/mol. The number of nitrogens with one attached hydrogen (secondary N) is 1. The molecule has 0 saturated carbocycles. The van der Waals surface area contributed by atoms with Crippen LogP contribution in [0, 0.1) is 0 Å². The van der Waals surface area contributed by atoms with E-state index in [0.717, 1.165) is 5.75 Å². The summed E-state index contributed by atoms with van der Waals surface area (Å²) in [5, 5.41) is 0. The van der Waals surface area contributed by atoms with Gasteiger partial charge in [-0.05, 0) is 51.1 Å². The number of aromatic nitrogens is 1. The van der Waals surface area contributed by atoms with Gasteiger partial charge in [0.15, 0.2) is 0 Å². The van der Waals surface area contributed by atoms with E-state index in [2.05, 4.69) is 4.98 Å². The first-order valence-electron chi connectivity index (χ1n) is 8.84. The van der Waals surface area contributed by atoms with E-state index in [1.54, 1.807) is 40.4 Å². The van der Waals surface area contributed by atoms with Crippen molar-refractivity contribution in [3.63, 3.8) is 0 Å². The second-order valence-corrected chi connectivity index (χ2v) is 7.42. The summed E-state index contributed by atoms with van der Waals surface area (Å²) in [5.74, 6) is 0.735. The monoisotopic (exact) mass is 355 g/mol. The van der Waals surface area contributed by atoms with Crippen molar-refractivity contribution in [2.24, 2.45) is 0 Å². The summed E-state index contributed by atoms with van der Waals surface area (Å²) < 4.78 is 5.79. The Morgan fingerprint density at radius 3 is 1.88 bits per heavy atom. The highest BCUT2D eigenvalue weighted by atomic mass is 16.5. The number of hydrogen-bond acceptors (Lipinski definition) is 3. The Balaban J connectivity index is 1.57. The molecule has 26 heavy (non-hydrogen) atoms. The van der Waals surface area contributed by atoms with Crippen LogP contribution in [0.1, 0.15) is 41.5 Å². The third-order valence-corrected chi connectivity index (χ3v) is 4.22. The van der Waals surface area contributed by atoms with Gasteiger partial charge in [-0.25, -0.2) is 0 Å². The maximum absolute atomic E-state index is 12.7. The fourth-order valence-electron chi connectivity index (χ4n) is 2.95. The molecule has 1 aromatic carbocycles. The molecule has 1 saturated heterocycles. The Bertz CT molecular complexity index is 753. The van der Waals surface area contributed by atoms with Crippen molar-refractivity contribution in [3.8, 4) is 5.75 Å². The van der Waals surface area contributed by atoms with Crippen LogP contribution in [-0.4, -0.2) is 58.4 Å². The first kappa shape index (κ1) is 18.0. The highest BCUT2D eigenvalue weighted by molar-refractivity contribution is 5.96. The van der Waals surface area contributed by atoms with Gasteiger partial charge in [0.05, 0.1) is 5.56 Å². The molecule has 3 rings (SSSR count). The summed E-state index contributed by atoms with van der Waals surface area (Å²) in [5.41, 5.74) is 1.02. The molecule has 6 nitrogen and oxygen atoms in total. The van der Waals surface area contributed by atoms with Gasteiger partial charge in [-0.15, -0.1) is 0 Å². The molecule has 1 aromatic heterocycles. The summed E-state index contributed by atoms with van der Waals surface area (Å²) in [6, 6.07) is 9.00. The highest BCUT2D eigenvalue weighted by Crippen LogP contribution is 2.19. The molecule has 2 amide bonds. The fraction of sp³-hybridized carbons (Fsp3) is 0.400. The van der Waals surface area contributed by atoms with Gasteiger partial charge in [-0.3, -0.25) is 9.59 Å². The molecule has 0 aliphatic carbocycles. The van der Waals surface area contributed by atoms with E-state index in [-0.39, 0.29) is 17.4 Å². The van der Waals surface area contributed by atoms with E-state index in [4.69, 9.17) is 4.74 Å². The van der Waals surface area contributed by atoms with Crippen LogP contribution in [0.3, 0.4) is 0 Å². The topological polar surface area (TPSA) is 65.6 Å². The van der Waals surface area contributed by atoms with E-state index < -0.39 is 0 Å². The van der Waals surface area contributed by atoms with Crippen LogP contribution in [0.5, 0.6) is 5.75 Å². The van der Waals surface area contributed by atoms with Gasteiger partial charge < -0.3 is 19.5 Å². The number of carbonyl (C=O) groups excluding carboxylic acids is 2. The lowest BCUT2D eigenvalue weighted by Gasteiger charge is -2.34. The Morgan fingerprint density at radius 1 is 0.885 bits per heavy atom. The van der Waals surface area contributed by atoms with Crippen molar-refractivity contribution < 1.29 is 14.3 Å². The van der Waals surface area contributed by atoms with Crippen LogP contribution >= 0.6 is 0 Å². The van der Waals surface area contributed by atoms with Crippen LogP contribution in [0.25, 0.3) is 0 Å². The molecule has 1 N–H and O–H groups in total. The van der Waals surface area contributed by atoms with Crippen molar-refractivity contribution in [1.82, 2.24) is 14.8 Å². The van der Waals surface area contributed by atoms with E-state index in [0.29, 0.717) is 37.3 Å². The molecule has 0 radical (unpaired) electrons. The van der Waals surface area contributed by atoms with E-state index in [1.165, 1.54) is 0 Å². The van der Waals surface area contributed by atoms with Gasteiger partial charge >= 0.3 is 0 Å². The van der Waals surface area contributed by atoms with Crippen molar-refractivity contribution in [1.29, 1.82) is 0 Å². The van der Waals surface area contributed by atoms with Crippen molar-refractivity contribution in [2.45, 2.75) is 26.4 Å². The minimum atomic E-state index is -0.270. The average Bonchev–Trinajstić information content (AvgIpc) is 3.14. The SMILES string of the molecule is CC(C)(C)Oc1ccc(C(=O)N2CCN(C(=O)c3cc[nH]c3)CC2)cc1. The summed E-state index contributed by atoms with van der Waals surface area (Å²) in [4.78, 5) is 31.5. The number of carbonyl (C=O) groups is 2. The van der Waals surface area contributed by atoms with Crippen molar-refractivity contribution in [3.05, 3.63) is 53.9 Å². The summed E-state index contributed by atoms with van der Waals surface area (Å²) >= 11 is 0. The smallest absolute Gasteiger partial charge is 0.255 e. The van der Waals surface area contributed by atoms with E-state index in [1.807, 2.05) is 32.9 Å². The lowest BCUT2D eigenvalue weighted by atomic mass is 10.1. The Kier molecular flexibility index (Phi) is 5.02. The normalized spacial score (nSPS) is 15.0. The molecule has 0 unspecified atom stereocenters. The number of benzene rings is 1. The maximum Gasteiger partial charge on any atom is 0.255 e. The zero-order valence-electron chi connectivity index (χ0n) is 15.5. The predicted molar refractivity (Wildman–Crippen MR) is 99.4 cm³/mol. The molecule has 138 valence electrons. The molecular formula is C20H25N3O3. The van der Waals surface area contributed by atoms with E-state index >= 15 is 0 Å². The molecule has 1 aliphatic rings. The van der Waals surface area contributed by atoms with Crippen LogP contribution in [-0.2, 0) is 0 Å². The number of ether oxygens (including phenoxy) is 1. The van der Waals surface area contributed by atoms with Crippen LogP contribution in [0.2, 0.25) is 0 Å². The van der Waals surface area contributed by atoms with Crippen LogP contribution in [0.15, 0.2) is 42.7 Å². The molecule has 2 heterocycles. The van der Waals surface area contributed by atoms with Crippen molar-refractivity contribution >= 4 is 11.8 Å². The minimum Gasteiger partial charge on any atom is -0.488 e. The first-order valence-corrected chi connectivity index (χ1v) is 8.84. The number of nitrogens with zero attached hydrogens (tertiary/aromatic N) is 2. The summed E-state index contributed by atoms with van der Waals surface area (Å²) in [7, 11) is 0. The number of H-pyrrole nitrogens is 1. The Morgan fingerprint density at radius 2 is 1.42 bits per heavy atom. The molecule has 1 fully saturated rings. The lowest BCUT2D eigenvalue weighted by Crippen LogP contribution is -2.50. The Hall–Kier alpha value is -2.76. The molecule has 2 aromatic rings. The highest BCUT2D eigenvalue weighted by Gasteiger charge is 2.25. The van der Waals surface area contributed by atoms with E-state index in [9.17, 15) is 9.59 Å². The van der Waals surface area contributed by atoms with Gasteiger partial charge in [0, 0.05) is 44.1 Å². The minimum absolute atomic E-state index is 0.00188. The first-order chi connectivity index (χ1) is 12.3. The quantitative estimate of drug-likeness (QED) is 0.921. The number of amides is 2. The molecule has 0 spiro atoms. The second kappa shape index (κ2) is 7.23. The van der Waals surface area contributed by atoms with Gasteiger partial charge in [-0.1, -0.05) is 0 Å². The standard InChI is InChI=1S/C20H25N3O3/c1-20(2,3)26-17-6-4-15(5-7-17)18(24)22-10-12-23(13-11-22)19(25)16-8-9-21-14-16/h4-9,14,21H,10-13H2,1-3H3. The molecule has 6 heteroatoms. The number of rotatable bonds is 3. The largest absolute Gasteiger partial charge is 0.488 e. The molecule has 0 bridgehead atoms.